The van der Waals surface area contributed by atoms with E-state index in [2.05, 4.69) is 5.32 Å². The number of thioether (sulfide) groups is 1. The summed E-state index contributed by atoms with van der Waals surface area (Å²) in [5, 5.41) is 13.0. The Hall–Kier alpha value is -0.480. The van der Waals surface area contributed by atoms with Crippen LogP contribution in [0.1, 0.15) is 39.5 Å². The summed E-state index contributed by atoms with van der Waals surface area (Å²) >= 11 is 1.28. The standard InChI is InChI=1S/C12H21NO2S/c1-9(2)16-12(15)13-10-7-5-3-4-6-8-11(10)14/h6,8-11,14H,3-5,7H2,1-2H3,(H,13,15)/b8-6+. The smallest absolute Gasteiger partial charge is 0.279 e. The van der Waals surface area contributed by atoms with Crippen LogP contribution in [-0.2, 0) is 0 Å². The molecule has 2 N–H and O–H groups in total. The fourth-order valence-corrected chi connectivity index (χ4v) is 2.37. The van der Waals surface area contributed by atoms with Crippen LogP contribution in [0, 0.1) is 0 Å². The van der Waals surface area contributed by atoms with Crippen molar-refractivity contribution >= 4 is 17.0 Å². The fraction of sp³-hybridized carbons (Fsp3) is 0.750. The highest BCUT2D eigenvalue weighted by Crippen LogP contribution is 2.16. The molecule has 0 saturated heterocycles. The molecule has 0 aromatic carbocycles. The van der Waals surface area contributed by atoms with Crippen LogP contribution in [-0.4, -0.2) is 27.7 Å². The molecular formula is C12H21NO2S. The van der Waals surface area contributed by atoms with Gasteiger partial charge in [-0.2, -0.15) is 0 Å². The van der Waals surface area contributed by atoms with Gasteiger partial charge in [0.1, 0.15) is 0 Å². The number of hydrogen-bond acceptors (Lipinski definition) is 3. The molecule has 2 atom stereocenters. The van der Waals surface area contributed by atoms with E-state index < -0.39 is 6.10 Å². The predicted molar refractivity (Wildman–Crippen MR) is 68.7 cm³/mol. The van der Waals surface area contributed by atoms with Gasteiger partial charge < -0.3 is 10.4 Å². The minimum Gasteiger partial charge on any atom is -0.387 e. The largest absolute Gasteiger partial charge is 0.387 e. The highest BCUT2D eigenvalue weighted by Gasteiger charge is 2.20. The van der Waals surface area contributed by atoms with Gasteiger partial charge in [-0.1, -0.05) is 44.2 Å². The van der Waals surface area contributed by atoms with E-state index in [4.69, 9.17) is 0 Å². The third kappa shape index (κ3) is 5.03. The van der Waals surface area contributed by atoms with Gasteiger partial charge in [0, 0.05) is 5.25 Å². The van der Waals surface area contributed by atoms with E-state index in [1.165, 1.54) is 11.8 Å². The molecule has 4 heteroatoms. The second-order valence-corrected chi connectivity index (χ2v) is 5.96. The Labute approximate surface area is 102 Å². The van der Waals surface area contributed by atoms with Gasteiger partial charge in [-0.3, -0.25) is 4.79 Å². The molecule has 1 aliphatic rings. The summed E-state index contributed by atoms with van der Waals surface area (Å²) in [5.74, 6) is 0. The van der Waals surface area contributed by atoms with Crippen molar-refractivity contribution in [3.63, 3.8) is 0 Å². The molecule has 1 amide bonds. The number of carbonyl (C=O) groups excluding carboxylic acids is 1. The second-order valence-electron chi connectivity index (χ2n) is 4.41. The zero-order valence-corrected chi connectivity index (χ0v) is 10.8. The molecule has 0 aliphatic heterocycles. The molecule has 3 nitrogen and oxygen atoms in total. The van der Waals surface area contributed by atoms with Crippen LogP contribution in [0.15, 0.2) is 12.2 Å². The summed E-state index contributed by atoms with van der Waals surface area (Å²) in [6, 6.07) is -0.129. The Kier molecular flexibility index (Phi) is 5.91. The molecule has 1 aliphatic carbocycles. The monoisotopic (exact) mass is 243 g/mol. The molecule has 0 aromatic heterocycles. The molecule has 2 unspecified atom stereocenters. The van der Waals surface area contributed by atoms with Crippen molar-refractivity contribution in [2.45, 2.75) is 56.9 Å². The summed E-state index contributed by atoms with van der Waals surface area (Å²) in [6.45, 7) is 3.97. The normalized spacial score (nSPS) is 28.2. The van der Waals surface area contributed by atoms with Crippen LogP contribution in [0.3, 0.4) is 0 Å². The topological polar surface area (TPSA) is 49.3 Å². The van der Waals surface area contributed by atoms with Gasteiger partial charge in [-0.25, -0.2) is 0 Å². The number of carbonyl (C=O) groups is 1. The lowest BCUT2D eigenvalue weighted by Gasteiger charge is -2.23. The Bertz CT molecular complexity index is 253. The highest BCUT2D eigenvalue weighted by atomic mass is 32.2. The van der Waals surface area contributed by atoms with Crippen molar-refractivity contribution in [2.24, 2.45) is 0 Å². The molecule has 0 fully saturated rings. The second kappa shape index (κ2) is 6.97. The molecule has 0 heterocycles. The van der Waals surface area contributed by atoms with Gasteiger partial charge in [0.25, 0.3) is 5.24 Å². The quantitative estimate of drug-likeness (QED) is 0.733. The Morgan fingerprint density at radius 2 is 2.25 bits per heavy atom. The number of rotatable bonds is 2. The highest BCUT2D eigenvalue weighted by molar-refractivity contribution is 8.14. The SMILES string of the molecule is CC(C)SC(=O)NC1CCCC/C=C/C1O. The van der Waals surface area contributed by atoms with E-state index in [0.29, 0.717) is 0 Å². The first kappa shape index (κ1) is 13.6. The first-order valence-electron chi connectivity index (χ1n) is 5.91. The van der Waals surface area contributed by atoms with E-state index in [-0.39, 0.29) is 16.5 Å². The van der Waals surface area contributed by atoms with Crippen LogP contribution in [0.5, 0.6) is 0 Å². The number of hydrogen-bond donors (Lipinski definition) is 2. The van der Waals surface area contributed by atoms with Crippen molar-refractivity contribution in [1.82, 2.24) is 5.32 Å². The van der Waals surface area contributed by atoms with E-state index in [9.17, 15) is 9.90 Å². The average Bonchev–Trinajstić information content (AvgIpc) is 2.16. The Morgan fingerprint density at radius 3 is 2.94 bits per heavy atom. The van der Waals surface area contributed by atoms with Crippen LogP contribution < -0.4 is 5.32 Å². The summed E-state index contributed by atoms with van der Waals surface area (Å²) < 4.78 is 0. The molecule has 92 valence electrons. The predicted octanol–water partition coefficient (Wildman–Crippen LogP) is 2.70. The molecule has 0 spiro atoms. The molecule has 16 heavy (non-hydrogen) atoms. The van der Waals surface area contributed by atoms with Gasteiger partial charge in [-0.05, 0) is 19.3 Å². The van der Waals surface area contributed by atoms with E-state index >= 15 is 0 Å². The maximum absolute atomic E-state index is 11.6. The first-order valence-corrected chi connectivity index (χ1v) is 6.79. The number of nitrogens with one attached hydrogen (secondary N) is 1. The minimum atomic E-state index is -0.544. The van der Waals surface area contributed by atoms with Crippen LogP contribution in [0.2, 0.25) is 0 Å². The zero-order valence-electron chi connectivity index (χ0n) is 9.98. The maximum Gasteiger partial charge on any atom is 0.279 e. The third-order valence-corrected chi connectivity index (χ3v) is 3.33. The fourth-order valence-electron chi connectivity index (χ4n) is 1.72. The number of allylic oxidation sites excluding steroid dienone is 1. The minimum absolute atomic E-state index is 0.0342. The number of amides is 1. The lowest BCUT2D eigenvalue weighted by Crippen LogP contribution is -2.41. The average molecular weight is 243 g/mol. The molecule has 1 rings (SSSR count). The summed E-state index contributed by atoms with van der Waals surface area (Å²) in [7, 11) is 0. The molecule has 0 aromatic rings. The van der Waals surface area contributed by atoms with Gasteiger partial charge in [-0.15, -0.1) is 0 Å². The summed E-state index contributed by atoms with van der Waals surface area (Å²) in [5.41, 5.74) is 0. The van der Waals surface area contributed by atoms with Crippen LogP contribution >= 0.6 is 11.8 Å². The zero-order chi connectivity index (χ0) is 12.0. The van der Waals surface area contributed by atoms with E-state index in [1.54, 1.807) is 6.08 Å². The van der Waals surface area contributed by atoms with Crippen molar-refractivity contribution in [3.8, 4) is 0 Å². The van der Waals surface area contributed by atoms with Crippen molar-refractivity contribution in [1.29, 1.82) is 0 Å². The first-order chi connectivity index (χ1) is 7.59. The Morgan fingerprint density at radius 1 is 1.50 bits per heavy atom. The van der Waals surface area contributed by atoms with Crippen LogP contribution in [0.25, 0.3) is 0 Å². The van der Waals surface area contributed by atoms with Gasteiger partial charge >= 0.3 is 0 Å². The number of aliphatic hydroxyl groups excluding tert-OH is 1. The molecule has 0 saturated carbocycles. The summed E-state index contributed by atoms with van der Waals surface area (Å²) in [6.07, 6.45) is 7.32. The van der Waals surface area contributed by atoms with Crippen LogP contribution in [0.4, 0.5) is 4.79 Å². The maximum atomic E-state index is 11.6. The summed E-state index contributed by atoms with van der Waals surface area (Å²) in [4.78, 5) is 11.6. The number of aliphatic hydroxyl groups is 1. The molecular weight excluding hydrogens is 222 g/mol. The molecule has 0 radical (unpaired) electrons. The van der Waals surface area contributed by atoms with Gasteiger partial charge in [0.15, 0.2) is 0 Å². The van der Waals surface area contributed by atoms with Crippen molar-refractivity contribution in [2.75, 3.05) is 0 Å². The van der Waals surface area contributed by atoms with E-state index in [0.717, 1.165) is 25.7 Å². The lowest BCUT2D eigenvalue weighted by atomic mass is 9.99. The molecule has 0 bridgehead atoms. The van der Waals surface area contributed by atoms with Crippen molar-refractivity contribution < 1.29 is 9.90 Å². The van der Waals surface area contributed by atoms with Gasteiger partial charge in [0.05, 0.1) is 12.1 Å². The van der Waals surface area contributed by atoms with E-state index in [1.807, 2.05) is 19.9 Å². The van der Waals surface area contributed by atoms with Gasteiger partial charge in [0.2, 0.25) is 0 Å². The Balaban J connectivity index is 2.46. The lowest BCUT2D eigenvalue weighted by molar-refractivity contribution is 0.166. The third-order valence-electron chi connectivity index (χ3n) is 2.53. The van der Waals surface area contributed by atoms with Crippen molar-refractivity contribution in [3.05, 3.63) is 12.2 Å².